The molecule has 1 aromatic heterocycles. The van der Waals surface area contributed by atoms with E-state index in [1.165, 1.54) is 0 Å². The van der Waals surface area contributed by atoms with Gasteiger partial charge in [-0.15, -0.1) is 0 Å². The highest BCUT2D eigenvalue weighted by atomic mass is 32.2. The molecule has 0 saturated carbocycles. The zero-order valence-corrected chi connectivity index (χ0v) is 25.0. The molecule has 10 heteroatoms. The van der Waals surface area contributed by atoms with Gasteiger partial charge in [-0.3, -0.25) is 14.4 Å². The SMILES string of the molecule is Cc1ccc(S(=O)(=O)Nc2cccc3[nH]c(-c4ccc(CC(=O)[C@@H]5CCCN5C(=O)OCc5ccccc5)cc4)nc23)cc1. The van der Waals surface area contributed by atoms with Gasteiger partial charge >= 0.3 is 6.09 Å². The number of anilines is 1. The van der Waals surface area contributed by atoms with E-state index < -0.39 is 22.2 Å². The maximum atomic E-state index is 13.2. The second kappa shape index (κ2) is 12.3. The highest BCUT2D eigenvalue weighted by Crippen LogP contribution is 2.28. The zero-order valence-electron chi connectivity index (χ0n) is 24.2. The first-order valence-corrected chi connectivity index (χ1v) is 15.9. The van der Waals surface area contributed by atoms with E-state index in [9.17, 15) is 18.0 Å². The van der Waals surface area contributed by atoms with Crippen LogP contribution in [0.2, 0.25) is 0 Å². The number of hydrogen-bond acceptors (Lipinski definition) is 6. The Morgan fingerprint density at radius 2 is 1.68 bits per heavy atom. The molecule has 1 fully saturated rings. The molecule has 1 saturated heterocycles. The van der Waals surface area contributed by atoms with Gasteiger partial charge in [-0.2, -0.15) is 0 Å². The van der Waals surface area contributed by atoms with Gasteiger partial charge in [-0.05, 0) is 55.2 Å². The largest absolute Gasteiger partial charge is 0.445 e. The summed E-state index contributed by atoms with van der Waals surface area (Å²) in [7, 11) is -3.80. The van der Waals surface area contributed by atoms with Crippen molar-refractivity contribution in [1.82, 2.24) is 14.9 Å². The third kappa shape index (κ3) is 6.35. The summed E-state index contributed by atoms with van der Waals surface area (Å²) in [5, 5.41) is 0. The molecule has 5 aromatic rings. The number of aromatic nitrogens is 2. The van der Waals surface area contributed by atoms with E-state index in [0.29, 0.717) is 35.5 Å². The van der Waals surface area contributed by atoms with Gasteiger partial charge in [-0.25, -0.2) is 18.2 Å². The fraction of sp³-hybridized carbons (Fsp3) is 0.206. The van der Waals surface area contributed by atoms with Crippen LogP contribution in [0.4, 0.5) is 10.5 Å². The molecular formula is C34H32N4O5S. The van der Waals surface area contributed by atoms with E-state index >= 15 is 0 Å². The summed E-state index contributed by atoms with van der Waals surface area (Å²) in [5.41, 5.74) is 5.03. The fourth-order valence-electron chi connectivity index (χ4n) is 5.39. The van der Waals surface area contributed by atoms with Gasteiger partial charge < -0.3 is 9.72 Å². The van der Waals surface area contributed by atoms with Gasteiger partial charge in [0.15, 0.2) is 5.78 Å². The number of Topliss-reactive ketones (excluding diaryl/α,β-unsaturated/α-hetero) is 1. The summed E-state index contributed by atoms with van der Waals surface area (Å²) in [6.07, 6.45) is 1.10. The molecule has 0 bridgehead atoms. The Morgan fingerprint density at radius 1 is 0.932 bits per heavy atom. The highest BCUT2D eigenvalue weighted by Gasteiger charge is 2.34. The number of hydrogen-bond donors (Lipinski definition) is 2. The molecule has 6 rings (SSSR count). The van der Waals surface area contributed by atoms with Gasteiger partial charge in [0.1, 0.15) is 17.9 Å². The molecule has 224 valence electrons. The predicted octanol–water partition coefficient (Wildman–Crippen LogP) is 6.25. The van der Waals surface area contributed by atoms with Gasteiger partial charge in [0.2, 0.25) is 0 Å². The Kier molecular flexibility index (Phi) is 8.17. The molecule has 1 atom stereocenters. The fourth-order valence-corrected chi connectivity index (χ4v) is 6.46. The topological polar surface area (TPSA) is 121 Å². The van der Waals surface area contributed by atoms with Crippen molar-refractivity contribution >= 4 is 38.6 Å². The molecular weight excluding hydrogens is 576 g/mol. The van der Waals surface area contributed by atoms with Crippen molar-refractivity contribution < 1.29 is 22.7 Å². The first kappa shape index (κ1) is 29.1. The summed E-state index contributed by atoms with van der Waals surface area (Å²) in [6, 6.07) is 28.4. The van der Waals surface area contributed by atoms with Crippen molar-refractivity contribution in [2.24, 2.45) is 0 Å². The molecule has 9 nitrogen and oxygen atoms in total. The van der Waals surface area contributed by atoms with Gasteiger partial charge in [0.25, 0.3) is 10.0 Å². The number of rotatable bonds is 9. The summed E-state index contributed by atoms with van der Waals surface area (Å²) >= 11 is 0. The van der Waals surface area contributed by atoms with Crippen LogP contribution in [0.1, 0.15) is 29.5 Å². The maximum Gasteiger partial charge on any atom is 0.410 e. The molecule has 0 radical (unpaired) electrons. The average molecular weight is 609 g/mol. The third-order valence-corrected chi connectivity index (χ3v) is 9.14. The van der Waals surface area contributed by atoms with Crippen LogP contribution in [-0.2, 0) is 32.6 Å². The van der Waals surface area contributed by atoms with E-state index in [0.717, 1.165) is 28.7 Å². The summed E-state index contributed by atoms with van der Waals surface area (Å²) in [4.78, 5) is 35.6. The number of carbonyl (C=O) groups is 2. The zero-order chi connectivity index (χ0) is 30.7. The number of imidazole rings is 1. The number of H-pyrrole nitrogens is 1. The number of aromatic amines is 1. The molecule has 1 amide bonds. The summed E-state index contributed by atoms with van der Waals surface area (Å²) < 4.78 is 34.1. The molecule has 2 heterocycles. The number of fused-ring (bicyclic) bond motifs is 1. The number of ether oxygens (including phenoxy) is 1. The van der Waals surface area contributed by atoms with Crippen LogP contribution in [0.3, 0.4) is 0 Å². The minimum absolute atomic E-state index is 0.0267. The van der Waals surface area contributed by atoms with E-state index in [1.807, 2.05) is 67.6 Å². The molecule has 4 aromatic carbocycles. The molecule has 44 heavy (non-hydrogen) atoms. The van der Waals surface area contributed by atoms with Crippen molar-refractivity contribution in [2.75, 3.05) is 11.3 Å². The normalized spacial score (nSPS) is 14.9. The molecule has 0 spiro atoms. The Balaban J connectivity index is 1.12. The highest BCUT2D eigenvalue weighted by molar-refractivity contribution is 7.92. The lowest BCUT2D eigenvalue weighted by Gasteiger charge is -2.23. The standard InChI is InChI=1S/C34H32N4O5S/c1-23-12-18-27(19-13-23)44(41,42)37-29-10-5-9-28-32(29)36-33(35-28)26-16-14-24(15-17-26)21-31(39)30-11-6-20-38(30)34(40)43-22-25-7-3-2-4-8-25/h2-5,7-10,12-19,30,37H,6,11,20-22H2,1H3,(H,35,36)/t30-/m0/s1. The minimum atomic E-state index is -3.80. The average Bonchev–Trinajstić information content (AvgIpc) is 3.70. The van der Waals surface area contributed by atoms with E-state index in [1.54, 1.807) is 41.3 Å². The first-order chi connectivity index (χ1) is 21.3. The second-order valence-corrected chi connectivity index (χ2v) is 12.6. The van der Waals surface area contributed by atoms with Crippen molar-refractivity contribution in [3.63, 3.8) is 0 Å². The van der Waals surface area contributed by atoms with Crippen LogP contribution < -0.4 is 4.72 Å². The molecule has 2 N–H and O–H groups in total. The molecule has 1 aliphatic rings. The number of likely N-dealkylation sites (tertiary alicyclic amines) is 1. The number of nitrogens with zero attached hydrogens (tertiary/aromatic N) is 2. The van der Waals surface area contributed by atoms with Crippen LogP contribution in [0, 0.1) is 6.92 Å². The summed E-state index contributed by atoms with van der Waals surface area (Å²) in [6.45, 7) is 2.56. The van der Waals surface area contributed by atoms with Crippen molar-refractivity contribution in [3.8, 4) is 11.4 Å². The number of amides is 1. The van der Waals surface area contributed by atoms with Crippen molar-refractivity contribution in [3.05, 3.63) is 114 Å². The molecule has 0 aliphatic carbocycles. The van der Waals surface area contributed by atoms with E-state index in [4.69, 9.17) is 4.74 Å². The molecule has 1 aliphatic heterocycles. The van der Waals surface area contributed by atoms with Gasteiger partial charge in [0.05, 0.1) is 22.1 Å². The van der Waals surface area contributed by atoms with Crippen LogP contribution in [-0.4, -0.2) is 47.7 Å². The smallest absolute Gasteiger partial charge is 0.410 e. The number of carbonyl (C=O) groups excluding carboxylic acids is 2. The number of para-hydroxylation sites is 1. The number of nitrogens with one attached hydrogen (secondary N) is 2. The first-order valence-electron chi connectivity index (χ1n) is 14.4. The van der Waals surface area contributed by atoms with Crippen LogP contribution in [0.25, 0.3) is 22.4 Å². The molecule has 0 unspecified atom stereocenters. The number of benzene rings is 4. The van der Waals surface area contributed by atoms with Crippen molar-refractivity contribution in [2.45, 2.75) is 43.7 Å². The van der Waals surface area contributed by atoms with E-state index in [2.05, 4.69) is 14.7 Å². The van der Waals surface area contributed by atoms with E-state index in [-0.39, 0.29) is 23.7 Å². The number of sulfonamides is 1. The monoisotopic (exact) mass is 608 g/mol. The van der Waals surface area contributed by atoms with Crippen LogP contribution >= 0.6 is 0 Å². The predicted molar refractivity (Wildman–Crippen MR) is 169 cm³/mol. The maximum absolute atomic E-state index is 13.2. The Labute approximate surface area is 255 Å². The van der Waals surface area contributed by atoms with Crippen LogP contribution in [0.15, 0.2) is 102 Å². The lowest BCUT2D eigenvalue weighted by Crippen LogP contribution is -2.41. The number of aryl methyl sites for hydroxylation is 1. The van der Waals surface area contributed by atoms with Crippen molar-refractivity contribution in [1.29, 1.82) is 0 Å². The Hall–Kier alpha value is -4.96. The van der Waals surface area contributed by atoms with Crippen LogP contribution in [0.5, 0.6) is 0 Å². The Bertz CT molecular complexity index is 1900. The third-order valence-electron chi connectivity index (χ3n) is 7.76. The van der Waals surface area contributed by atoms with Gasteiger partial charge in [-0.1, -0.05) is 78.4 Å². The number of ketones is 1. The van der Waals surface area contributed by atoms with Gasteiger partial charge in [0, 0.05) is 18.5 Å². The summed E-state index contributed by atoms with van der Waals surface area (Å²) in [5.74, 6) is 0.546. The quantitative estimate of drug-likeness (QED) is 0.204. The second-order valence-electron chi connectivity index (χ2n) is 10.9. The Morgan fingerprint density at radius 3 is 2.43 bits per heavy atom. The minimum Gasteiger partial charge on any atom is -0.445 e. The lowest BCUT2D eigenvalue weighted by molar-refractivity contribution is -0.122. The lowest BCUT2D eigenvalue weighted by atomic mass is 10.0.